The summed E-state index contributed by atoms with van der Waals surface area (Å²) < 4.78 is 16.0. The summed E-state index contributed by atoms with van der Waals surface area (Å²) in [7, 11) is 0. The van der Waals surface area contributed by atoms with E-state index in [0.29, 0.717) is 0 Å². The van der Waals surface area contributed by atoms with Crippen molar-refractivity contribution in [3.8, 4) is 23.0 Å². The minimum Gasteiger partial charge on any atom is -0.460 e. The van der Waals surface area contributed by atoms with Gasteiger partial charge in [-0.2, -0.15) is 0 Å². The fourth-order valence-electron chi connectivity index (χ4n) is 11.3. The van der Waals surface area contributed by atoms with Gasteiger partial charge in [-0.3, -0.25) is 9.13 Å². The fourth-order valence-corrected chi connectivity index (χ4v) is 11.3. The number of para-hydroxylation sites is 5. The molecule has 65 heavy (non-hydrogen) atoms. The van der Waals surface area contributed by atoms with Gasteiger partial charge in [0.2, 0.25) is 0 Å². The van der Waals surface area contributed by atoms with E-state index in [1.807, 2.05) is 0 Å². The maximum absolute atomic E-state index is 6.35. The molecule has 8 aromatic carbocycles. The van der Waals surface area contributed by atoms with E-state index < -0.39 is 0 Å². The number of aromatic nitrogens is 5. The van der Waals surface area contributed by atoms with Crippen molar-refractivity contribution in [1.29, 1.82) is 0 Å². The minimum absolute atomic E-state index is 0.862. The van der Waals surface area contributed by atoms with Crippen LogP contribution in [-0.2, 0) is 6.42 Å². The predicted octanol–water partition coefficient (Wildman–Crippen LogP) is 15.2. The monoisotopic (exact) mass is 831 g/mol. The minimum atomic E-state index is 0.862. The summed E-state index contributed by atoms with van der Waals surface area (Å²) in [4.78, 5) is 5.67. The van der Waals surface area contributed by atoms with Gasteiger partial charge in [-0.05, 0) is 85.3 Å². The molecular formula is C59H37N5O. The van der Waals surface area contributed by atoms with Crippen LogP contribution in [-0.4, -0.2) is 23.3 Å². The van der Waals surface area contributed by atoms with Crippen molar-refractivity contribution >= 4 is 104 Å². The highest BCUT2D eigenvalue weighted by Crippen LogP contribution is 2.44. The van der Waals surface area contributed by atoms with Gasteiger partial charge in [0.1, 0.15) is 23.0 Å². The van der Waals surface area contributed by atoms with E-state index in [1.54, 1.807) is 0 Å². The molecule has 6 heterocycles. The molecule has 6 heteroatoms. The Bertz CT molecular complexity index is 4360. The number of nitrogens with zero attached hydrogens (tertiary/aromatic N) is 5. The average molecular weight is 832 g/mol. The Morgan fingerprint density at radius 3 is 1.58 bits per heavy atom. The number of hydrogen-bond donors (Lipinski definition) is 0. The van der Waals surface area contributed by atoms with E-state index in [9.17, 15) is 0 Å². The standard InChI is InChI=1S/C59H37N5O/c1-2-15-36(16-3-1)62-49-23-10-4-17-38(49)43-30-31-44-39-18-5-12-25-51(39)64(59(44)58(43)62)57-28-14-27-56(60-57)63-50-24-11-7-20-41(50)46-34-52-45(35-53(46)63)40-19-6-9-22-48(40)61(52)37-29-32-55-47(33-37)42-21-8-13-26-54(42)65-55/h1-12,14-25,27-35H,13,26H2. The summed E-state index contributed by atoms with van der Waals surface area (Å²) in [6.07, 6.45) is 6.44. The zero-order chi connectivity index (χ0) is 42.3. The maximum atomic E-state index is 6.35. The molecule has 6 nitrogen and oxygen atoms in total. The lowest BCUT2D eigenvalue weighted by Gasteiger charge is -2.14. The van der Waals surface area contributed by atoms with Gasteiger partial charge in [0.15, 0.2) is 0 Å². The quantitative estimate of drug-likeness (QED) is 0.177. The molecule has 0 atom stereocenters. The highest BCUT2D eigenvalue weighted by molar-refractivity contribution is 6.24. The van der Waals surface area contributed by atoms with Gasteiger partial charge in [0, 0.05) is 71.8 Å². The highest BCUT2D eigenvalue weighted by atomic mass is 16.3. The summed E-state index contributed by atoms with van der Waals surface area (Å²) in [6, 6.07) is 68.3. The van der Waals surface area contributed by atoms with Crippen molar-refractivity contribution in [3.05, 3.63) is 205 Å². The van der Waals surface area contributed by atoms with Crippen molar-refractivity contribution in [2.45, 2.75) is 12.8 Å². The maximum Gasteiger partial charge on any atom is 0.140 e. The number of hydrogen-bond acceptors (Lipinski definition) is 2. The topological polar surface area (TPSA) is 45.8 Å². The average Bonchev–Trinajstić information content (AvgIpc) is 4.16. The van der Waals surface area contributed by atoms with E-state index >= 15 is 0 Å². The molecular weight excluding hydrogens is 795 g/mol. The van der Waals surface area contributed by atoms with Crippen LogP contribution >= 0.6 is 0 Å². The molecule has 0 saturated heterocycles. The van der Waals surface area contributed by atoms with E-state index in [2.05, 4.69) is 218 Å². The van der Waals surface area contributed by atoms with Gasteiger partial charge in [-0.15, -0.1) is 0 Å². The zero-order valence-electron chi connectivity index (χ0n) is 35.1. The second kappa shape index (κ2) is 13.0. The lowest BCUT2D eigenvalue weighted by Crippen LogP contribution is -2.04. The van der Waals surface area contributed by atoms with Gasteiger partial charge in [-0.1, -0.05) is 121 Å². The Morgan fingerprint density at radius 1 is 0.369 bits per heavy atom. The molecule has 0 radical (unpaired) electrons. The molecule has 0 fully saturated rings. The first kappa shape index (κ1) is 34.9. The molecule has 0 amide bonds. The number of pyridine rings is 1. The fraction of sp³-hybridized carbons (Fsp3) is 0.0339. The van der Waals surface area contributed by atoms with Crippen LogP contribution in [0.15, 0.2) is 199 Å². The third kappa shape index (κ3) is 4.75. The van der Waals surface area contributed by atoms with Crippen molar-refractivity contribution in [2.24, 2.45) is 0 Å². The Morgan fingerprint density at radius 2 is 0.908 bits per heavy atom. The van der Waals surface area contributed by atoms with Crippen molar-refractivity contribution < 1.29 is 4.42 Å². The van der Waals surface area contributed by atoms with Crippen LogP contribution < -0.4 is 0 Å². The molecule has 0 spiro atoms. The Hall–Kier alpha value is -8.61. The van der Waals surface area contributed by atoms with Crippen molar-refractivity contribution in [3.63, 3.8) is 0 Å². The summed E-state index contributed by atoms with van der Waals surface area (Å²) in [6.45, 7) is 0. The van der Waals surface area contributed by atoms with E-state index in [1.165, 1.54) is 65.2 Å². The number of fused-ring (bicyclic) bond motifs is 16. The first-order chi connectivity index (χ1) is 32.3. The van der Waals surface area contributed by atoms with Crippen LogP contribution in [0.2, 0.25) is 0 Å². The number of furan rings is 1. The van der Waals surface area contributed by atoms with Crippen LogP contribution in [0.1, 0.15) is 17.7 Å². The molecule has 304 valence electrons. The van der Waals surface area contributed by atoms with Crippen molar-refractivity contribution in [1.82, 2.24) is 23.3 Å². The zero-order valence-corrected chi connectivity index (χ0v) is 35.1. The number of aryl methyl sites for hydroxylation is 1. The van der Waals surface area contributed by atoms with Crippen LogP contribution in [0.5, 0.6) is 0 Å². The first-order valence-corrected chi connectivity index (χ1v) is 22.4. The molecule has 0 aliphatic heterocycles. The van der Waals surface area contributed by atoms with Crippen LogP contribution in [0.4, 0.5) is 0 Å². The Labute approximate surface area is 371 Å². The SMILES string of the molecule is C1=Cc2c(oc3ccc(-n4c5ccccc5c5cc6c(cc54)c4ccccc4n6-c4cccc(-n5c6ccccc6c6ccc7c8ccccc8n(-c8ccccc8)c7c65)n4)cc23)CC1. The number of allylic oxidation sites excluding steroid dienone is 1. The van der Waals surface area contributed by atoms with Gasteiger partial charge < -0.3 is 13.6 Å². The van der Waals surface area contributed by atoms with Gasteiger partial charge >= 0.3 is 0 Å². The normalized spacial score (nSPS) is 13.0. The Kier molecular flexibility index (Phi) is 6.97. The highest BCUT2D eigenvalue weighted by Gasteiger charge is 2.24. The lowest BCUT2D eigenvalue weighted by atomic mass is 10.0. The smallest absolute Gasteiger partial charge is 0.140 e. The van der Waals surface area contributed by atoms with E-state index in [-0.39, 0.29) is 0 Å². The van der Waals surface area contributed by atoms with Crippen LogP contribution in [0.25, 0.3) is 127 Å². The lowest BCUT2D eigenvalue weighted by molar-refractivity contribution is 0.546. The molecule has 1 aliphatic rings. The number of rotatable bonds is 4. The summed E-state index contributed by atoms with van der Waals surface area (Å²) in [5, 5.41) is 10.8. The van der Waals surface area contributed by atoms with Gasteiger partial charge in [-0.25, -0.2) is 4.98 Å². The molecule has 0 unspecified atom stereocenters. The molecule has 14 aromatic rings. The number of benzene rings is 8. The first-order valence-electron chi connectivity index (χ1n) is 22.4. The molecule has 6 aromatic heterocycles. The van der Waals surface area contributed by atoms with Gasteiger partial charge in [0.25, 0.3) is 0 Å². The summed E-state index contributed by atoms with van der Waals surface area (Å²) in [5.41, 5.74) is 13.5. The second-order valence-corrected chi connectivity index (χ2v) is 17.4. The summed E-state index contributed by atoms with van der Waals surface area (Å²) >= 11 is 0. The Balaban J connectivity index is 0.999. The van der Waals surface area contributed by atoms with Crippen LogP contribution in [0, 0.1) is 0 Å². The largest absolute Gasteiger partial charge is 0.460 e. The molecule has 0 saturated carbocycles. The second-order valence-electron chi connectivity index (χ2n) is 17.4. The van der Waals surface area contributed by atoms with Crippen LogP contribution in [0.3, 0.4) is 0 Å². The molecule has 15 rings (SSSR count). The van der Waals surface area contributed by atoms with E-state index in [0.717, 1.165) is 80.2 Å². The third-order valence-electron chi connectivity index (χ3n) is 14.0. The third-order valence-corrected chi connectivity index (χ3v) is 14.0. The molecule has 0 bridgehead atoms. The molecule has 1 aliphatic carbocycles. The van der Waals surface area contributed by atoms with E-state index in [4.69, 9.17) is 9.40 Å². The van der Waals surface area contributed by atoms with Gasteiger partial charge in [0.05, 0.1) is 44.1 Å². The summed E-state index contributed by atoms with van der Waals surface area (Å²) in [5.74, 6) is 2.80. The predicted molar refractivity (Wildman–Crippen MR) is 269 cm³/mol. The van der Waals surface area contributed by atoms with Crippen molar-refractivity contribution in [2.75, 3.05) is 0 Å². The molecule has 0 N–H and O–H groups in total.